The summed E-state index contributed by atoms with van der Waals surface area (Å²) in [5.41, 5.74) is -0.383. The summed E-state index contributed by atoms with van der Waals surface area (Å²) < 4.78 is 1.03. The normalized spacial score (nSPS) is 9.71. The fraction of sp³-hybridized carbons (Fsp3) is 0.143. The molecule has 0 spiro atoms. The van der Waals surface area contributed by atoms with E-state index in [1.54, 1.807) is 11.3 Å². The summed E-state index contributed by atoms with van der Waals surface area (Å²) >= 11 is 1.61. The van der Waals surface area contributed by atoms with Crippen LogP contribution in [0.4, 0.5) is 0 Å². The minimum absolute atomic E-state index is 0. The Labute approximate surface area is 83.3 Å². The van der Waals surface area contributed by atoms with E-state index in [0.717, 1.165) is 9.55 Å². The number of hydrogen-bond donors (Lipinski definition) is 2. The number of nitrogens with zero attached hydrogens (tertiary/aromatic N) is 2. The van der Waals surface area contributed by atoms with E-state index in [-0.39, 0.29) is 11.2 Å². The summed E-state index contributed by atoms with van der Waals surface area (Å²) in [5.74, 6) is 5.98. The first-order valence-electron chi connectivity index (χ1n) is 3.71. The van der Waals surface area contributed by atoms with Crippen molar-refractivity contribution in [2.45, 2.75) is 6.42 Å². The maximum absolute atomic E-state index is 10.9. The summed E-state index contributed by atoms with van der Waals surface area (Å²) in [7, 11) is 0. The van der Waals surface area contributed by atoms with E-state index in [4.69, 9.17) is 5.84 Å². The van der Waals surface area contributed by atoms with Gasteiger partial charge in [-0.1, -0.05) is 6.07 Å². The van der Waals surface area contributed by atoms with Crippen molar-refractivity contribution in [1.29, 1.82) is 0 Å². The third-order valence-corrected chi connectivity index (χ3v) is 2.57. The molecule has 0 atom stereocenters. The molecule has 0 aliphatic carbocycles. The van der Waals surface area contributed by atoms with Crippen molar-refractivity contribution >= 4 is 11.3 Å². The second-order valence-corrected chi connectivity index (χ2v) is 3.60. The van der Waals surface area contributed by atoms with Gasteiger partial charge in [0.25, 0.3) is 0 Å². The lowest BCUT2D eigenvalue weighted by atomic mass is 10.3. The van der Waals surface area contributed by atoms with E-state index in [9.17, 15) is 4.79 Å². The van der Waals surface area contributed by atoms with Crippen molar-refractivity contribution in [1.82, 2.24) is 14.9 Å². The van der Waals surface area contributed by atoms with Gasteiger partial charge in [-0.3, -0.25) is 0 Å². The van der Waals surface area contributed by atoms with Crippen LogP contribution in [0.3, 0.4) is 0 Å². The van der Waals surface area contributed by atoms with Crippen molar-refractivity contribution < 1.29 is 5.48 Å². The lowest BCUT2D eigenvalue weighted by Crippen LogP contribution is -2.26. The molecule has 2 rings (SSSR count). The van der Waals surface area contributed by atoms with E-state index in [1.807, 2.05) is 17.5 Å². The highest BCUT2D eigenvalue weighted by molar-refractivity contribution is 7.09. The van der Waals surface area contributed by atoms with Crippen LogP contribution in [-0.4, -0.2) is 20.3 Å². The maximum atomic E-state index is 10.9. The van der Waals surface area contributed by atoms with Gasteiger partial charge in [0, 0.05) is 11.3 Å². The second kappa shape index (κ2) is 4.07. The first kappa shape index (κ1) is 10.5. The summed E-state index contributed by atoms with van der Waals surface area (Å²) in [6.07, 6.45) is 0.590. The highest BCUT2D eigenvalue weighted by atomic mass is 32.1. The Morgan fingerprint density at radius 1 is 1.64 bits per heavy atom. The largest absolute Gasteiger partial charge is 0.412 e. The first-order chi connectivity index (χ1) is 6.27. The van der Waals surface area contributed by atoms with E-state index >= 15 is 0 Å². The number of nitrogens with two attached hydrogens (primary N) is 1. The Hall–Kier alpha value is -1.60. The Morgan fingerprint density at radius 2 is 2.43 bits per heavy atom. The zero-order chi connectivity index (χ0) is 9.26. The molecule has 0 amide bonds. The van der Waals surface area contributed by atoms with E-state index < -0.39 is 0 Å². The van der Waals surface area contributed by atoms with Crippen LogP contribution in [0.25, 0.3) is 0 Å². The van der Waals surface area contributed by atoms with Gasteiger partial charge in [0.15, 0.2) is 5.82 Å². The molecule has 2 aromatic rings. The van der Waals surface area contributed by atoms with Crippen LogP contribution >= 0.6 is 11.3 Å². The number of nitrogen functional groups attached to an aromatic ring is 1. The molecule has 2 aromatic heterocycles. The van der Waals surface area contributed by atoms with Gasteiger partial charge in [-0.05, 0) is 11.4 Å². The van der Waals surface area contributed by atoms with Crippen LogP contribution < -0.4 is 11.5 Å². The molecule has 2 heterocycles. The van der Waals surface area contributed by atoms with Crippen molar-refractivity contribution in [2.24, 2.45) is 0 Å². The molecule has 0 bridgehead atoms. The monoisotopic (exact) mass is 214 g/mol. The van der Waals surface area contributed by atoms with E-state index in [0.29, 0.717) is 12.2 Å². The number of thiophene rings is 1. The fourth-order valence-corrected chi connectivity index (χ4v) is 1.73. The molecule has 7 heteroatoms. The minimum atomic E-state index is -0.383. The highest BCUT2D eigenvalue weighted by Crippen LogP contribution is 2.11. The van der Waals surface area contributed by atoms with Crippen LogP contribution in [-0.2, 0) is 6.42 Å². The molecular weight excluding hydrogens is 204 g/mol. The SMILES string of the molecule is Nn1c(Cc2cccs2)n[nH]c1=O.O. The van der Waals surface area contributed by atoms with Crippen LogP contribution in [0.5, 0.6) is 0 Å². The average Bonchev–Trinajstić information content (AvgIpc) is 2.71. The zero-order valence-corrected chi connectivity index (χ0v) is 8.04. The highest BCUT2D eigenvalue weighted by Gasteiger charge is 2.05. The Balaban J connectivity index is 0.000000980. The van der Waals surface area contributed by atoms with E-state index in [2.05, 4.69) is 10.2 Å². The number of rotatable bonds is 2. The van der Waals surface area contributed by atoms with Crippen LogP contribution in [0.15, 0.2) is 22.3 Å². The van der Waals surface area contributed by atoms with Crippen LogP contribution in [0, 0.1) is 0 Å². The van der Waals surface area contributed by atoms with Gasteiger partial charge in [-0.15, -0.1) is 11.3 Å². The summed E-state index contributed by atoms with van der Waals surface area (Å²) in [5, 5.41) is 8.06. The predicted molar refractivity (Wildman–Crippen MR) is 53.7 cm³/mol. The molecule has 0 radical (unpaired) electrons. The average molecular weight is 214 g/mol. The molecule has 0 aliphatic heterocycles. The number of hydrogen-bond acceptors (Lipinski definition) is 4. The molecule has 0 saturated carbocycles. The molecule has 76 valence electrons. The van der Waals surface area contributed by atoms with Gasteiger partial charge in [0.2, 0.25) is 0 Å². The zero-order valence-electron chi connectivity index (χ0n) is 7.23. The lowest BCUT2D eigenvalue weighted by Gasteiger charge is -1.95. The number of aromatic nitrogens is 3. The van der Waals surface area contributed by atoms with Gasteiger partial charge in [-0.25, -0.2) is 9.89 Å². The predicted octanol–water partition coefficient (Wildman–Crippen LogP) is -0.887. The Morgan fingerprint density at radius 3 is 2.93 bits per heavy atom. The van der Waals surface area contributed by atoms with Gasteiger partial charge in [0.1, 0.15) is 0 Å². The molecule has 0 unspecified atom stereocenters. The maximum Gasteiger partial charge on any atom is 0.361 e. The summed E-state index contributed by atoms with van der Waals surface area (Å²) in [4.78, 5) is 12.0. The quantitative estimate of drug-likeness (QED) is 0.633. The summed E-state index contributed by atoms with van der Waals surface area (Å²) in [6.45, 7) is 0. The van der Waals surface area contributed by atoms with Crippen LogP contribution in [0.2, 0.25) is 0 Å². The molecule has 6 nitrogen and oxygen atoms in total. The Bertz CT molecular complexity index is 444. The molecule has 0 saturated heterocycles. The lowest BCUT2D eigenvalue weighted by molar-refractivity contribution is 0.824. The van der Waals surface area contributed by atoms with Crippen LogP contribution in [0.1, 0.15) is 10.7 Å². The first-order valence-corrected chi connectivity index (χ1v) is 4.59. The summed E-state index contributed by atoms with van der Waals surface area (Å²) in [6, 6.07) is 3.93. The van der Waals surface area contributed by atoms with E-state index in [1.165, 1.54) is 0 Å². The van der Waals surface area contributed by atoms with Crippen molar-refractivity contribution in [3.8, 4) is 0 Å². The number of H-pyrrole nitrogens is 1. The number of aromatic amines is 1. The van der Waals surface area contributed by atoms with Crippen molar-refractivity contribution in [3.05, 3.63) is 38.7 Å². The minimum Gasteiger partial charge on any atom is -0.412 e. The fourth-order valence-electron chi connectivity index (χ4n) is 1.03. The molecule has 0 aliphatic rings. The molecule has 0 fully saturated rings. The van der Waals surface area contributed by atoms with Gasteiger partial charge < -0.3 is 11.3 Å². The smallest absolute Gasteiger partial charge is 0.361 e. The van der Waals surface area contributed by atoms with Gasteiger partial charge in [0.05, 0.1) is 0 Å². The second-order valence-electron chi connectivity index (χ2n) is 2.57. The van der Waals surface area contributed by atoms with Crippen molar-refractivity contribution in [3.63, 3.8) is 0 Å². The third kappa shape index (κ3) is 1.83. The topological polar surface area (TPSA) is 108 Å². The Kier molecular flexibility index (Phi) is 3.05. The number of nitrogens with one attached hydrogen (secondary N) is 1. The molecule has 5 N–H and O–H groups in total. The standard InChI is InChI=1S/C7H8N4OS.H2O/c8-11-6(9-10-7(11)12)4-5-2-1-3-13-5;/h1-3H,4,8H2,(H,10,12);1H2. The third-order valence-electron chi connectivity index (χ3n) is 1.69. The molecule has 0 aromatic carbocycles. The van der Waals surface area contributed by atoms with Crippen molar-refractivity contribution in [2.75, 3.05) is 5.84 Å². The van der Waals surface area contributed by atoms with Gasteiger partial charge >= 0.3 is 5.69 Å². The molecular formula is C7H10N4O2S. The molecule has 14 heavy (non-hydrogen) atoms. The van der Waals surface area contributed by atoms with Gasteiger partial charge in [-0.2, -0.15) is 9.77 Å².